The Balaban J connectivity index is 1.50. The van der Waals surface area contributed by atoms with Crippen molar-refractivity contribution >= 4 is 23.5 Å². The lowest BCUT2D eigenvalue weighted by atomic mass is 10.1. The molecule has 1 heterocycles. The molecule has 0 spiro atoms. The normalized spacial score (nSPS) is 15.9. The molecule has 2 aromatic rings. The number of carbonyl (C=O) groups excluding carboxylic acids is 3. The van der Waals surface area contributed by atoms with Crippen LogP contribution < -0.4 is 5.32 Å². The molecule has 1 N–H and O–H groups in total. The first-order valence-corrected chi connectivity index (χ1v) is 10.1. The molecule has 1 fully saturated rings. The second-order valence-corrected chi connectivity index (χ2v) is 7.32. The smallest absolute Gasteiger partial charge is 0.338 e. The largest absolute Gasteiger partial charge is 0.462 e. The van der Waals surface area contributed by atoms with Crippen molar-refractivity contribution < 1.29 is 23.5 Å². The lowest BCUT2D eigenvalue weighted by Gasteiger charge is -2.16. The highest BCUT2D eigenvalue weighted by atomic mass is 19.1. The van der Waals surface area contributed by atoms with E-state index in [1.54, 1.807) is 41.3 Å². The summed E-state index contributed by atoms with van der Waals surface area (Å²) in [4.78, 5) is 38.3. The quantitative estimate of drug-likeness (QED) is 0.674. The fourth-order valence-corrected chi connectivity index (χ4v) is 3.29. The van der Waals surface area contributed by atoms with E-state index in [1.165, 1.54) is 12.1 Å². The number of ether oxygens (including phenoxy) is 1. The van der Waals surface area contributed by atoms with E-state index in [2.05, 4.69) is 5.32 Å². The fourth-order valence-electron chi connectivity index (χ4n) is 3.29. The Hall–Kier alpha value is -3.22. The van der Waals surface area contributed by atoms with Gasteiger partial charge in [-0.2, -0.15) is 0 Å². The van der Waals surface area contributed by atoms with E-state index < -0.39 is 11.9 Å². The summed E-state index contributed by atoms with van der Waals surface area (Å²) in [6, 6.07) is 12.7. The Morgan fingerprint density at radius 2 is 1.83 bits per heavy atom. The summed E-state index contributed by atoms with van der Waals surface area (Å²) in [7, 11) is 0. The van der Waals surface area contributed by atoms with Gasteiger partial charge in [-0.25, -0.2) is 9.18 Å². The summed E-state index contributed by atoms with van der Waals surface area (Å²) in [6.45, 7) is 3.13. The molecule has 7 heteroatoms. The number of nitrogens with zero attached hydrogens (tertiary/aromatic N) is 1. The van der Waals surface area contributed by atoms with Crippen LogP contribution in [0.5, 0.6) is 0 Å². The van der Waals surface area contributed by atoms with Crippen molar-refractivity contribution in [3.8, 4) is 0 Å². The maximum atomic E-state index is 13.0. The number of esters is 1. The highest BCUT2D eigenvalue weighted by Crippen LogP contribution is 2.21. The zero-order chi connectivity index (χ0) is 21.5. The molecule has 0 radical (unpaired) electrons. The number of carbonyl (C=O) groups is 3. The minimum absolute atomic E-state index is 0.0636. The molecule has 30 heavy (non-hydrogen) atoms. The first-order chi connectivity index (χ1) is 14.5. The maximum Gasteiger partial charge on any atom is 0.338 e. The summed E-state index contributed by atoms with van der Waals surface area (Å²) < 4.78 is 18.1. The first kappa shape index (κ1) is 21.5. The number of anilines is 1. The zero-order valence-electron chi connectivity index (χ0n) is 16.9. The van der Waals surface area contributed by atoms with Crippen molar-refractivity contribution in [3.63, 3.8) is 0 Å². The van der Waals surface area contributed by atoms with Crippen LogP contribution in [0.2, 0.25) is 0 Å². The third kappa shape index (κ3) is 5.65. The van der Waals surface area contributed by atoms with Crippen molar-refractivity contribution in [1.29, 1.82) is 0 Å². The monoisotopic (exact) mass is 412 g/mol. The molecule has 0 aliphatic carbocycles. The number of amides is 2. The molecule has 0 aromatic heterocycles. The van der Waals surface area contributed by atoms with E-state index in [-0.39, 0.29) is 24.1 Å². The predicted molar refractivity (Wildman–Crippen MR) is 110 cm³/mol. The molecule has 2 aromatic carbocycles. The Morgan fingerprint density at radius 1 is 1.13 bits per heavy atom. The number of hydrogen-bond acceptors (Lipinski definition) is 4. The van der Waals surface area contributed by atoms with Crippen LogP contribution in [0.3, 0.4) is 0 Å². The highest BCUT2D eigenvalue weighted by Gasteiger charge is 2.34. The van der Waals surface area contributed by atoms with E-state index in [9.17, 15) is 18.8 Å². The van der Waals surface area contributed by atoms with Gasteiger partial charge in [0.15, 0.2) is 0 Å². The van der Waals surface area contributed by atoms with Gasteiger partial charge in [0.2, 0.25) is 11.8 Å². The number of benzene rings is 2. The van der Waals surface area contributed by atoms with Gasteiger partial charge in [0, 0.05) is 25.2 Å². The van der Waals surface area contributed by atoms with Crippen LogP contribution in [-0.4, -0.2) is 42.4 Å². The number of likely N-dealkylation sites (tertiary alicyclic amines) is 1. The molecule has 0 unspecified atom stereocenters. The van der Waals surface area contributed by atoms with Gasteiger partial charge in [-0.3, -0.25) is 9.59 Å². The van der Waals surface area contributed by atoms with E-state index in [0.29, 0.717) is 37.4 Å². The van der Waals surface area contributed by atoms with Crippen LogP contribution >= 0.6 is 0 Å². The van der Waals surface area contributed by atoms with E-state index in [4.69, 9.17) is 4.74 Å². The molecule has 1 atom stereocenters. The van der Waals surface area contributed by atoms with Crippen molar-refractivity contribution in [2.75, 3.05) is 25.0 Å². The Kier molecular flexibility index (Phi) is 7.17. The molecule has 1 aliphatic rings. The molecule has 158 valence electrons. The van der Waals surface area contributed by atoms with Gasteiger partial charge in [-0.15, -0.1) is 0 Å². The molecular weight excluding hydrogens is 387 g/mol. The van der Waals surface area contributed by atoms with E-state index in [0.717, 1.165) is 12.0 Å². The zero-order valence-corrected chi connectivity index (χ0v) is 16.9. The average Bonchev–Trinajstić information content (AvgIpc) is 3.13. The average molecular weight is 412 g/mol. The van der Waals surface area contributed by atoms with Gasteiger partial charge in [0.25, 0.3) is 0 Å². The van der Waals surface area contributed by atoms with Gasteiger partial charge in [0.05, 0.1) is 18.1 Å². The van der Waals surface area contributed by atoms with Crippen LogP contribution in [0, 0.1) is 11.7 Å². The van der Waals surface area contributed by atoms with Crippen molar-refractivity contribution in [1.82, 2.24) is 4.90 Å². The van der Waals surface area contributed by atoms with E-state index >= 15 is 0 Å². The van der Waals surface area contributed by atoms with Gasteiger partial charge in [0.1, 0.15) is 5.82 Å². The van der Waals surface area contributed by atoms with Crippen LogP contribution in [0.4, 0.5) is 10.1 Å². The second kappa shape index (κ2) is 10.0. The number of rotatable bonds is 8. The SMILES string of the molecule is CCCOC(=O)c1ccc(NC(=O)[C@H]2CC(=O)N(CCc3ccc(F)cc3)C2)cc1. The lowest BCUT2D eigenvalue weighted by molar-refractivity contribution is -0.128. The minimum atomic E-state index is -0.431. The van der Waals surface area contributed by atoms with Crippen LogP contribution in [0.1, 0.15) is 35.7 Å². The topological polar surface area (TPSA) is 75.7 Å². The molecule has 0 saturated carbocycles. The maximum absolute atomic E-state index is 13.0. The van der Waals surface area contributed by atoms with Crippen molar-refractivity contribution in [2.24, 2.45) is 5.92 Å². The summed E-state index contributed by atoms with van der Waals surface area (Å²) in [5, 5.41) is 2.80. The molecule has 0 bridgehead atoms. The number of halogens is 1. The molecular formula is C23H25FN2O4. The summed E-state index contributed by atoms with van der Waals surface area (Å²) >= 11 is 0. The predicted octanol–water partition coefficient (Wildman–Crippen LogP) is 3.42. The van der Waals surface area contributed by atoms with Crippen molar-refractivity contribution in [2.45, 2.75) is 26.2 Å². The molecule has 1 saturated heterocycles. The van der Waals surface area contributed by atoms with Crippen molar-refractivity contribution in [3.05, 3.63) is 65.5 Å². The summed E-state index contributed by atoms with van der Waals surface area (Å²) in [6.07, 6.45) is 1.52. The highest BCUT2D eigenvalue weighted by molar-refractivity contribution is 5.97. The van der Waals surface area contributed by atoms with Crippen LogP contribution in [-0.2, 0) is 20.7 Å². The molecule has 3 rings (SSSR count). The minimum Gasteiger partial charge on any atom is -0.462 e. The molecule has 2 amide bonds. The molecule has 6 nitrogen and oxygen atoms in total. The third-order valence-corrected chi connectivity index (χ3v) is 4.99. The first-order valence-electron chi connectivity index (χ1n) is 10.1. The van der Waals surface area contributed by atoms with Crippen LogP contribution in [0.25, 0.3) is 0 Å². The Labute approximate surface area is 175 Å². The Bertz CT molecular complexity index is 896. The Morgan fingerprint density at radius 3 is 2.50 bits per heavy atom. The third-order valence-electron chi connectivity index (χ3n) is 4.99. The lowest BCUT2D eigenvalue weighted by Crippen LogP contribution is -2.30. The van der Waals surface area contributed by atoms with Gasteiger partial charge in [-0.05, 0) is 54.8 Å². The standard InChI is InChI=1S/C23H25FN2O4/c1-2-13-30-23(29)17-5-9-20(10-6-17)25-22(28)18-14-21(27)26(15-18)12-11-16-3-7-19(24)8-4-16/h3-10,18H,2,11-15H2,1H3,(H,25,28)/t18-/m0/s1. The second-order valence-electron chi connectivity index (χ2n) is 7.32. The van der Waals surface area contributed by atoms with E-state index in [1.807, 2.05) is 6.92 Å². The van der Waals surface area contributed by atoms with Crippen LogP contribution in [0.15, 0.2) is 48.5 Å². The van der Waals surface area contributed by atoms with Gasteiger partial charge >= 0.3 is 5.97 Å². The van der Waals surface area contributed by atoms with Gasteiger partial charge in [-0.1, -0.05) is 19.1 Å². The number of hydrogen-bond donors (Lipinski definition) is 1. The number of nitrogens with one attached hydrogen (secondary N) is 1. The van der Waals surface area contributed by atoms with Gasteiger partial charge < -0.3 is 15.0 Å². The fraction of sp³-hybridized carbons (Fsp3) is 0.348. The summed E-state index contributed by atoms with van der Waals surface area (Å²) in [5.74, 6) is -1.41. The summed E-state index contributed by atoms with van der Waals surface area (Å²) in [5.41, 5.74) is 1.92. The molecule has 1 aliphatic heterocycles.